The van der Waals surface area contributed by atoms with Crippen molar-refractivity contribution in [3.8, 4) is 5.75 Å². The number of benzene rings is 1. The molecule has 10 heteroatoms. The third-order valence-corrected chi connectivity index (χ3v) is 6.09. The number of anilines is 1. The number of hydrogen-bond donors (Lipinski definition) is 1. The van der Waals surface area contributed by atoms with Gasteiger partial charge in [0.25, 0.3) is 10.0 Å². The molecule has 4 aromatic rings. The molecule has 138 valence electrons. The van der Waals surface area contributed by atoms with Crippen molar-refractivity contribution in [1.82, 2.24) is 14.4 Å². The monoisotopic (exact) mass is 420 g/mol. The van der Waals surface area contributed by atoms with Crippen LogP contribution in [-0.4, -0.2) is 22.8 Å². The minimum Gasteiger partial charge on any atom is -0.485 e. The quantitative estimate of drug-likeness (QED) is 0.512. The molecule has 0 saturated heterocycles. The lowest BCUT2D eigenvalue weighted by Gasteiger charge is -2.13. The van der Waals surface area contributed by atoms with E-state index >= 15 is 0 Å². The molecule has 0 radical (unpaired) electrons. The average molecular weight is 421 g/mol. The predicted octanol–water partition coefficient (Wildman–Crippen LogP) is 3.82. The maximum absolute atomic E-state index is 13.0. The Labute approximate surface area is 164 Å². The summed E-state index contributed by atoms with van der Waals surface area (Å²) in [6.07, 6.45) is 1.59. The van der Waals surface area contributed by atoms with Crippen LogP contribution in [0, 0.1) is 0 Å². The minimum absolute atomic E-state index is 0.102. The van der Waals surface area contributed by atoms with Gasteiger partial charge in [0.1, 0.15) is 18.0 Å². The summed E-state index contributed by atoms with van der Waals surface area (Å²) in [5, 5.41) is 1.63. The molecule has 0 aliphatic heterocycles. The first kappa shape index (κ1) is 17.8. The smallest absolute Gasteiger partial charge is 0.281 e. The van der Waals surface area contributed by atoms with Crippen molar-refractivity contribution in [2.24, 2.45) is 0 Å². The number of sulfonamides is 1. The normalized spacial score (nSPS) is 11.6. The van der Waals surface area contributed by atoms with Gasteiger partial charge in [-0.1, -0.05) is 29.8 Å². The van der Waals surface area contributed by atoms with Gasteiger partial charge in [-0.25, -0.2) is 9.97 Å². The van der Waals surface area contributed by atoms with Crippen molar-refractivity contribution < 1.29 is 13.2 Å². The first-order chi connectivity index (χ1) is 13.0. The molecule has 0 atom stereocenters. The number of thiazole rings is 1. The average Bonchev–Trinajstić information content (AvgIpc) is 3.27. The summed E-state index contributed by atoms with van der Waals surface area (Å²) in [7, 11) is -4.00. The molecule has 1 aromatic carbocycles. The first-order valence-corrected chi connectivity index (χ1v) is 10.6. The predicted molar refractivity (Wildman–Crippen MR) is 104 cm³/mol. The highest BCUT2D eigenvalue weighted by Gasteiger charge is 2.25. The summed E-state index contributed by atoms with van der Waals surface area (Å²) in [4.78, 5) is 8.23. The second-order valence-electron chi connectivity index (χ2n) is 5.51. The van der Waals surface area contributed by atoms with Crippen molar-refractivity contribution in [2.75, 3.05) is 4.72 Å². The van der Waals surface area contributed by atoms with Crippen LogP contribution in [0.3, 0.4) is 0 Å². The molecule has 7 nitrogen and oxygen atoms in total. The number of rotatable bonds is 6. The zero-order valence-electron chi connectivity index (χ0n) is 13.7. The Morgan fingerprint density at radius 3 is 2.81 bits per heavy atom. The lowest BCUT2D eigenvalue weighted by molar-refractivity contribution is 0.304. The standard InChI is InChI=1S/C17H13ClN4O3S2/c18-16-17(22-8-4-3-7-15(22)20-16)27(23,24)21-13-5-1-2-6-14(13)25-9-12-10-26-11-19-12/h1-8,10-11,21H,9H2. The van der Waals surface area contributed by atoms with E-state index in [-0.39, 0.29) is 16.8 Å². The Bertz CT molecular complexity index is 1190. The Balaban J connectivity index is 1.66. The number of para-hydroxylation sites is 2. The van der Waals surface area contributed by atoms with Gasteiger partial charge in [0.2, 0.25) is 0 Å². The molecule has 0 saturated carbocycles. The maximum atomic E-state index is 13.0. The number of pyridine rings is 1. The van der Waals surface area contributed by atoms with Crippen molar-refractivity contribution in [3.05, 3.63) is 70.4 Å². The summed E-state index contributed by atoms with van der Waals surface area (Å²) in [6.45, 7) is 0.235. The number of ether oxygens (including phenoxy) is 1. The van der Waals surface area contributed by atoms with Crippen LogP contribution in [0.5, 0.6) is 5.75 Å². The van der Waals surface area contributed by atoms with E-state index < -0.39 is 10.0 Å². The highest BCUT2D eigenvalue weighted by molar-refractivity contribution is 7.92. The SMILES string of the molecule is O=S(=O)(Nc1ccccc1OCc1cscn1)c1c(Cl)nc2ccccn12. The van der Waals surface area contributed by atoms with Gasteiger partial charge in [-0.15, -0.1) is 11.3 Å². The van der Waals surface area contributed by atoms with Gasteiger partial charge >= 0.3 is 0 Å². The topological polar surface area (TPSA) is 85.6 Å². The van der Waals surface area contributed by atoms with E-state index in [4.69, 9.17) is 16.3 Å². The molecule has 4 rings (SSSR count). The van der Waals surface area contributed by atoms with Crippen LogP contribution in [0.2, 0.25) is 5.15 Å². The van der Waals surface area contributed by atoms with E-state index in [2.05, 4.69) is 14.7 Å². The maximum Gasteiger partial charge on any atom is 0.281 e. The largest absolute Gasteiger partial charge is 0.485 e. The molecule has 0 amide bonds. The summed E-state index contributed by atoms with van der Waals surface area (Å²) < 4.78 is 35.6. The van der Waals surface area contributed by atoms with Crippen LogP contribution in [0.25, 0.3) is 5.65 Å². The van der Waals surface area contributed by atoms with E-state index in [1.807, 2.05) is 5.38 Å². The molecule has 3 aromatic heterocycles. The highest BCUT2D eigenvalue weighted by atomic mass is 35.5. The van der Waals surface area contributed by atoms with Gasteiger partial charge < -0.3 is 4.74 Å². The van der Waals surface area contributed by atoms with Crippen LogP contribution < -0.4 is 9.46 Å². The highest BCUT2D eigenvalue weighted by Crippen LogP contribution is 2.30. The van der Waals surface area contributed by atoms with E-state index in [1.165, 1.54) is 15.7 Å². The Morgan fingerprint density at radius 2 is 2.00 bits per heavy atom. The van der Waals surface area contributed by atoms with Gasteiger partial charge in [-0.3, -0.25) is 9.12 Å². The molecule has 3 heterocycles. The van der Waals surface area contributed by atoms with Gasteiger partial charge in [0.15, 0.2) is 10.2 Å². The number of aromatic nitrogens is 3. The van der Waals surface area contributed by atoms with E-state index in [0.29, 0.717) is 17.1 Å². The first-order valence-electron chi connectivity index (χ1n) is 7.79. The number of nitrogens with one attached hydrogen (secondary N) is 1. The fourth-order valence-corrected chi connectivity index (χ4v) is 4.78. The van der Waals surface area contributed by atoms with Gasteiger partial charge in [0.05, 0.1) is 16.9 Å². The molecule has 0 unspecified atom stereocenters. The zero-order valence-corrected chi connectivity index (χ0v) is 16.1. The summed E-state index contributed by atoms with van der Waals surface area (Å²) in [5.74, 6) is 0.388. The third-order valence-electron chi connectivity index (χ3n) is 3.69. The fourth-order valence-electron chi connectivity index (χ4n) is 2.52. The number of nitrogens with zero attached hydrogens (tertiary/aromatic N) is 3. The molecular formula is C17H13ClN4O3S2. The molecule has 0 aliphatic rings. The third kappa shape index (κ3) is 3.61. The molecular weight excluding hydrogens is 408 g/mol. The summed E-state index contributed by atoms with van der Waals surface area (Å²) in [6, 6.07) is 11.9. The number of imidazole rings is 1. The molecule has 0 fully saturated rings. The molecule has 0 aliphatic carbocycles. The fraction of sp³-hybridized carbons (Fsp3) is 0.0588. The van der Waals surface area contributed by atoms with Crippen molar-refractivity contribution in [3.63, 3.8) is 0 Å². The lowest BCUT2D eigenvalue weighted by Crippen LogP contribution is -2.16. The molecule has 0 spiro atoms. The van der Waals surface area contributed by atoms with E-state index in [1.54, 1.807) is 54.2 Å². The van der Waals surface area contributed by atoms with Gasteiger partial charge in [-0.05, 0) is 24.3 Å². The van der Waals surface area contributed by atoms with Crippen LogP contribution in [-0.2, 0) is 16.6 Å². The van der Waals surface area contributed by atoms with Crippen LogP contribution in [0.15, 0.2) is 64.6 Å². The molecule has 0 bridgehead atoms. The van der Waals surface area contributed by atoms with Crippen molar-refractivity contribution in [1.29, 1.82) is 0 Å². The molecule has 27 heavy (non-hydrogen) atoms. The summed E-state index contributed by atoms with van der Waals surface area (Å²) >= 11 is 7.56. The lowest BCUT2D eigenvalue weighted by atomic mass is 10.3. The van der Waals surface area contributed by atoms with Crippen LogP contribution in [0.1, 0.15) is 5.69 Å². The summed E-state index contributed by atoms with van der Waals surface area (Å²) in [5.41, 5.74) is 3.22. The van der Waals surface area contributed by atoms with Gasteiger partial charge in [-0.2, -0.15) is 8.42 Å². The van der Waals surface area contributed by atoms with E-state index in [9.17, 15) is 8.42 Å². The molecule has 1 N–H and O–H groups in total. The van der Waals surface area contributed by atoms with Gasteiger partial charge in [0, 0.05) is 11.6 Å². The number of hydrogen-bond acceptors (Lipinski definition) is 6. The van der Waals surface area contributed by atoms with Crippen LogP contribution in [0.4, 0.5) is 5.69 Å². The van der Waals surface area contributed by atoms with Crippen molar-refractivity contribution in [2.45, 2.75) is 11.6 Å². The minimum atomic E-state index is -4.00. The second-order valence-corrected chi connectivity index (χ2v) is 8.18. The Kier molecular flexibility index (Phi) is 4.73. The van der Waals surface area contributed by atoms with Crippen molar-refractivity contribution >= 4 is 44.3 Å². The second kappa shape index (κ2) is 7.18. The Morgan fingerprint density at radius 1 is 1.19 bits per heavy atom. The number of fused-ring (bicyclic) bond motifs is 1. The van der Waals surface area contributed by atoms with E-state index in [0.717, 1.165) is 5.69 Å². The van der Waals surface area contributed by atoms with Crippen LogP contribution >= 0.6 is 22.9 Å². The number of halogens is 1. The Hall–Kier alpha value is -2.62. The zero-order chi connectivity index (χ0) is 18.9.